The van der Waals surface area contributed by atoms with Gasteiger partial charge in [0.25, 0.3) is 0 Å². The van der Waals surface area contributed by atoms with Crippen LogP contribution < -0.4 is 5.32 Å². The van der Waals surface area contributed by atoms with Gasteiger partial charge in [0.2, 0.25) is 0 Å². The normalized spacial score (nSPS) is 13.2. The molecule has 0 heterocycles. The van der Waals surface area contributed by atoms with Gasteiger partial charge in [-0.3, -0.25) is 0 Å². The number of benzene rings is 1. The average Bonchev–Trinajstić information content (AvgIpc) is 2.13. The number of carboxylic acids is 1. The van der Waals surface area contributed by atoms with Crippen molar-refractivity contribution in [3.63, 3.8) is 0 Å². The third-order valence-corrected chi connectivity index (χ3v) is 2.64. The van der Waals surface area contributed by atoms with Gasteiger partial charge >= 0.3 is 12.1 Å². The van der Waals surface area contributed by atoms with Gasteiger partial charge in [0, 0.05) is 10.5 Å². The van der Waals surface area contributed by atoms with E-state index in [1.807, 2.05) is 0 Å². The second-order valence-electron chi connectivity index (χ2n) is 3.86. The number of anilines is 1. The minimum absolute atomic E-state index is 0.0628. The van der Waals surface area contributed by atoms with Crippen molar-refractivity contribution in [3.8, 4) is 0 Å². The van der Waals surface area contributed by atoms with Gasteiger partial charge in [0.15, 0.2) is 0 Å². The Morgan fingerprint density at radius 3 is 2.61 bits per heavy atom. The van der Waals surface area contributed by atoms with Crippen LogP contribution in [0.4, 0.5) is 18.9 Å². The lowest BCUT2D eigenvalue weighted by Crippen LogP contribution is -2.24. The van der Waals surface area contributed by atoms with Gasteiger partial charge in [-0.25, -0.2) is 4.79 Å². The molecule has 7 heteroatoms. The Balaban J connectivity index is 2.89. The van der Waals surface area contributed by atoms with E-state index in [2.05, 4.69) is 21.2 Å². The van der Waals surface area contributed by atoms with Crippen molar-refractivity contribution in [2.75, 3.05) is 5.32 Å². The van der Waals surface area contributed by atoms with E-state index in [0.29, 0.717) is 4.47 Å². The summed E-state index contributed by atoms with van der Waals surface area (Å²) >= 11 is 3.14. The molecule has 0 bridgehead atoms. The lowest BCUT2D eigenvalue weighted by Gasteiger charge is -2.18. The summed E-state index contributed by atoms with van der Waals surface area (Å²) in [5.41, 5.74) is 0.0980. The molecule has 0 saturated carbocycles. The fourth-order valence-electron chi connectivity index (χ4n) is 1.49. The Morgan fingerprint density at radius 2 is 2.11 bits per heavy atom. The predicted molar refractivity (Wildman–Crippen MR) is 64.9 cm³/mol. The van der Waals surface area contributed by atoms with Crippen molar-refractivity contribution in [3.05, 3.63) is 28.2 Å². The molecule has 1 rings (SSSR count). The maximum Gasteiger partial charge on any atom is 0.391 e. The molecule has 0 aliphatic carbocycles. The number of carbonyl (C=O) groups is 1. The standard InChI is InChI=1S/C11H11BrF3NO2/c1-6(5-11(13,14)15)16-9-4-7(12)2-3-8(9)10(17)18/h2-4,6,16H,5H2,1H3,(H,17,18). The van der Waals surface area contributed by atoms with Crippen LogP contribution in [0, 0.1) is 0 Å². The van der Waals surface area contributed by atoms with Crippen LogP contribution in [0.15, 0.2) is 22.7 Å². The summed E-state index contributed by atoms with van der Waals surface area (Å²) in [4.78, 5) is 10.9. The molecule has 3 nitrogen and oxygen atoms in total. The molecule has 2 N–H and O–H groups in total. The summed E-state index contributed by atoms with van der Waals surface area (Å²) in [6.07, 6.45) is -5.32. The van der Waals surface area contributed by atoms with Crippen LogP contribution in [0.5, 0.6) is 0 Å². The smallest absolute Gasteiger partial charge is 0.391 e. The van der Waals surface area contributed by atoms with Crippen molar-refractivity contribution in [2.24, 2.45) is 0 Å². The number of alkyl halides is 3. The lowest BCUT2D eigenvalue weighted by atomic mass is 10.1. The Morgan fingerprint density at radius 1 is 1.50 bits per heavy atom. The topological polar surface area (TPSA) is 49.3 Å². The fourth-order valence-corrected chi connectivity index (χ4v) is 1.85. The Labute approximate surface area is 110 Å². The quantitative estimate of drug-likeness (QED) is 0.882. The molecule has 1 aromatic carbocycles. The van der Waals surface area contributed by atoms with Gasteiger partial charge in [0.1, 0.15) is 0 Å². The van der Waals surface area contributed by atoms with Gasteiger partial charge in [-0.2, -0.15) is 13.2 Å². The van der Waals surface area contributed by atoms with E-state index >= 15 is 0 Å². The third kappa shape index (κ3) is 4.56. The van der Waals surface area contributed by atoms with Gasteiger partial charge in [-0.15, -0.1) is 0 Å². The summed E-state index contributed by atoms with van der Waals surface area (Å²) in [7, 11) is 0. The second kappa shape index (κ2) is 5.60. The summed E-state index contributed by atoms with van der Waals surface area (Å²) in [5, 5.41) is 11.5. The van der Waals surface area contributed by atoms with Crippen LogP contribution in [0.3, 0.4) is 0 Å². The summed E-state index contributed by atoms with van der Waals surface area (Å²) in [6.45, 7) is 1.35. The van der Waals surface area contributed by atoms with Gasteiger partial charge in [-0.1, -0.05) is 15.9 Å². The minimum atomic E-state index is -4.29. The molecule has 0 spiro atoms. The Kier molecular flexibility index (Phi) is 4.61. The molecule has 0 saturated heterocycles. The second-order valence-corrected chi connectivity index (χ2v) is 4.78. The first-order chi connectivity index (χ1) is 8.19. The van der Waals surface area contributed by atoms with E-state index in [9.17, 15) is 18.0 Å². The van der Waals surface area contributed by atoms with E-state index in [1.54, 1.807) is 0 Å². The maximum absolute atomic E-state index is 12.2. The first-order valence-corrected chi connectivity index (χ1v) is 5.84. The van der Waals surface area contributed by atoms with Gasteiger partial charge < -0.3 is 10.4 Å². The Hall–Kier alpha value is -1.24. The van der Waals surface area contributed by atoms with Crippen LogP contribution in [0.25, 0.3) is 0 Å². The van der Waals surface area contributed by atoms with Crippen molar-refractivity contribution in [1.82, 2.24) is 0 Å². The molecule has 1 aromatic rings. The number of hydrogen-bond acceptors (Lipinski definition) is 2. The molecule has 1 unspecified atom stereocenters. The first-order valence-electron chi connectivity index (χ1n) is 5.05. The van der Waals surface area contributed by atoms with E-state index in [-0.39, 0.29) is 11.3 Å². The molecular weight excluding hydrogens is 315 g/mol. The molecule has 0 aliphatic rings. The zero-order valence-corrected chi connectivity index (χ0v) is 11.0. The molecule has 18 heavy (non-hydrogen) atoms. The molecule has 1 atom stereocenters. The number of rotatable bonds is 4. The average molecular weight is 326 g/mol. The zero-order valence-electron chi connectivity index (χ0n) is 9.38. The Bertz CT molecular complexity index is 448. The monoisotopic (exact) mass is 325 g/mol. The van der Waals surface area contributed by atoms with E-state index in [1.165, 1.54) is 25.1 Å². The fraction of sp³-hybridized carbons (Fsp3) is 0.364. The van der Waals surface area contributed by atoms with Crippen LogP contribution in [-0.4, -0.2) is 23.3 Å². The van der Waals surface area contributed by atoms with E-state index in [0.717, 1.165) is 0 Å². The number of carboxylic acid groups (broad SMARTS) is 1. The van der Waals surface area contributed by atoms with Crippen molar-refractivity contribution in [1.29, 1.82) is 0 Å². The highest BCUT2D eigenvalue weighted by molar-refractivity contribution is 9.10. The zero-order chi connectivity index (χ0) is 13.9. The minimum Gasteiger partial charge on any atom is -0.478 e. The predicted octanol–water partition coefficient (Wildman–Crippen LogP) is 3.90. The SMILES string of the molecule is CC(CC(F)(F)F)Nc1cc(Br)ccc1C(=O)O. The molecular formula is C11H11BrF3NO2. The highest BCUT2D eigenvalue weighted by Gasteiger charge is 2.30. The van der Waals surface area contributed by atoms with Crippen molar-refractivity contribution >= 4 is 27.6 Å². The van der Waals surface area contributed by atoms with Gasteiger partial charge in [-0.05, 0) is 25.1 Å². The van der Waals surface area contributed by atoms with E-state index < -0.39 is 24.6 Å². The van der Waals surface area contributed by atoms with Crippen molar-refractivity contribution in [2.45, 2.75) is 25.6 Å². The van der Waals surface area contributed by atoms with E-state index in [4.69, 9.17) is 5.11 Å². The van der Waals surface area contributed by atoms with Crippen LogP contribution >= 0.6 is 15.9 Å². The third-order valence-electron chi connectivity index (χ3n) is 2.15. The number of nitrogens with one attached hydrogen (secondary N) is 1. The van der Waals surface area contributed by atoms with Crippen molar-refractivity contribution < 1.29 is 23.1 Å². The maximum atomic E-state index is 12.2. The molecule has 100 valence electrons. The summed E-state index contributed by atoms with van der Waals surface area (Å²) < 4.78 is 37.1. The number of halogens is 4. The number of hydrogen-bond donors (Lipinski definition) is 2. The molecule has 0 fully saturated rings. The molecule has 0 radical (unpaired) electrons. The molecule has 0 aliphatic heterocycles. The highest BCUT2D eigenvalue weighted by atomic mass is 79.9. The first kappa shape index (κ1) is 14.8. The summed E-state index contributed by atoms with van der Waals surface area (Å²) in [6, 6.07) is 3.38. The highest BCUT2D eigenvalue weighted by Crippen LogP contribution is 2.26. The molecule has 0 aromatic heterocycles. The lowest BCUT2D eigenvalue weighted by molar-refractivity contribution is -0.136. The largest absolute Gasteiger partial charge is 0.478 e. The van der Waals surface area contributed by atoms with Crippen LogP contribution in [-0.2, 0) is 0 Å². The van der Waals surface area contributed by atoms with Crippen LogP contribution in [0.1, 0.15) is 23.7 Å². The van der Waals surface area contributed by atoms with Crippen LogP contribution in [0.2, 0.25) is 0 Å². The van der Waals surface area contributed by atoms with Gasteiger partial charge in [0.05, 0.1) is 17.7 Å². The number of aromatic carboxylic acids is 1. The molecule has 0 amide bonds. The summed E-state index contributed by atoms with van der Waals surface area (Å²) in [5.74, 6) is -1.19.